The smallest absolute Gasteiger partial charge is 0.167 e. The zero-order valence-electron chi connectivity index (χ0n) is 14.3. The van der Waals surface area contributed by atoms with Crippen molar-refractivity contribution in [2.24, 2.45) is 0 Å². The van der Waals surface area contributed by atoms with E-state index in [1.54, 1.807) is 18.3 Å². The fourth-order valence-electron chi connectivity index (χ4n) is 2.75. The van der Waals surface area contributed by atoms with Gasteiger partial charge in [0.2, 0.25) is 0 Å². The lowest BCUT2D eigenvalue weighted by atomic mass is 9.94. The molecule has 0 N–H and O–H groups in total. The van der Waals surface area contributed by atoms with Crippen molar-refractivity contribution < 1.29 is 9.59 Å². The van der Waals surface area contributed by atoms with Crippen LogP contribution in [0.4, 0.5) is 0 Å². The molecule has 0 spiro atoms. The van der Waals surface area contributed by atoms with E-state index in [9.17, 15) is 9.59 Å². The second kappa shape index (κ2) is 7.22. The summed E-state index contributed by atoms with van der Waals surface area (Å²) in [6.07, 6.45) is 1.95. The third-order valence-electron chi connectivity index (χ3n) is 4.18. The molecule has 0 radical (unpaired) electrons. The number of Topliss-reactive ketones (excluding diaryl/α,β-unsaturated/α-hetero) is 2. The van der Waals surface area contributed by atoms with Crippen LogP contribution in [0.25, 0.3) is 11.3 Å². The topological polar surface area (TPSA) is 47.0 Å². The van der Waals surface area contributed by atoms with Crippen molar-refractivity contribution in [2.45, 2.75) is 20.3 Å². The highest BCUT2D eigenvalue weighted by molar-refractivity contribution is 5.99. The Morgan fingerprint density at radius 2 is 1.64 bits per heavy atom. The lowest BCUT2D eigenvalue weighted by Crippen LogP contribution is -2.06. The number of aromatic nitrogens is 1. The van der Waals surface area contributed by atoms with Gasteiger partial charge < -0.3 is 0 Å². The van der Waals surface area contributed by atoms with Gasteiger partial charge in [-0.05, 0) is 37.6 Å². The van der Waals surface area contributed by atoms with Crippen molar-refractivity contribution in [3.05, 3.63) is 89.1 Å². The fourth-order valence-corrected chi connectivity index (χ4v) is 2.75. The Bertz CT molecular complexity index is 913. The maximum absolute atomic E-state index is 12.7. The molecule has 1 aromatic heterocycles. The summed E-state index contributed by atoms with van der Waals surface area (Å²) in [7, 11) is 0. The third-order valence-corrected chi connectivity index (χ3v) is 4.18. The average molecular weight is 329 g/mol. The van der Waals surface area contributed by atoms with E-state index in [1.807, 2.05) is 55.5 Å². The van der Waals surface area contributed by atoms with Gasteiger partial charge in [0, 0.05) is 29.3 Å². The van der Waals surface area contributed by atoms with Gasteiger partial charge in [-0.2, -0.15) is 0 Å². The molecule has 1 heterocycles. The summed E-state index contributed by atoms with van der Waals surface area (Å²) in [6.45, 7) is 3.52. The zero-order valence-corrected chi connectivity index (χ0v) is 14.3. The van der Waals surface area contributed by atoms with E-state index in [1.165, 1.54) is 6.92 Å². The molecule has 0 aliphatic rings. The van der Waals surface area contributed by atoms with Crippen molar-refractivity contribution >= 4 is 11.6 Å². The number of hydrogen-bond acceptors (Lipinski definition) is 3. The zero-order chi connectivity index (χ0) is 17.8. The predicted molar refractivity (Wildman–Crippen MR) is 98.9 cm³/mol. The SMILES string of the molecule is CC(=O)c1ccc(-c2ccccn2)c(CC(=O)c2ccc(C)cc2)c1. The van der Waals surface area contributed by atoms with E-state index < -0.39 is 0 Å². The van der Waals surface area contributed by atoms with Gasteiger partial charge in [-0.1, -0.05) is 48.0 Å². The van der Waals surface area contributed by atoms with Crippen LogP contribution >= 0.6 is 0 Å². The molecule has 3 aromatic rings. The van der Waals surface area contributed by atoms with Gasteiger partial charge in [-0.25, -0.2) is 0 Å². The van der Waals surface area contributed by atoms with Crippen molar-refractivity contribution in [1.82, 2.24) is 4.98 Å². The molecule has 0 aliphatic carbocycles. The molecule has 0 unspecified atom stereocenters. The molecule has 3 rings (SSSR count). The van der Waals surface area contributed by atoms with Gasteiger partial charge in [0.15, 0.2) is 11.6 Å². The summed E-state index contributed by atoms with van der Waals surface area (Å²) in [6, 6.07) is 18.7. The first-order valence-electron chi connectivity index (χ1n) is 8.20. The minimum absolute atomic E-state index is 0.0170. The second-order valence-corrected chi connectivity index (χ2v) is 6.11. The number of aryl methyl sites for hydroxylation is 1. The Labute approximate surface area is 147 Å². The largest absolute Gasteiger partial charge is 0.295 e. The van der Waals surface area contributed by atoms with Crippen molar-refractivity contribution in [1.29, 1.82) is 0 Å². The summed E-state index contributed by atoms with van der Waals surface area (Å²) < 4.78 is 0. The summed E-state index contributed by atoms with van der Waals surface area (Å²) in [5.41, 5.74) is 4.88. The monoisotopic (exact) mass is 329 g/mol. The van der Waals surface area contributed by atoms with Crippen LogP contribution in [-0.2, 0) is 6.42 Å². The van der Waals surface area contributed by atoms with Crippen LogP contribution in [0, 0.1) is 6.92 Å². The van der Waals surface area contributed by atoms with Crippen molar-refractivity contribution in [3.63, 3.8) is 0 Å². The van der Waals surface area contributed by atoms with E-state index in [-0.39, 0.29) is 18.0 Å². The molecule has 0 amide bonds. The minimum atomic E-state index is -0.0170. The van der Waals surface area contributed by atoms with Crippen LogP contribution < -0.4 is 0 Å². The van der Waals surface area contributed by atoms with Gasteiger partial charge in [-0.15, -0.1) is 0 Å². The van der Waals surface area contributed by atoms with E-state index in [4.69, 9.17) is 0 Å². The molecule has 0 aliphatic heterocycles. The highest BCUT2D eigenvalue weighted by Crippen LogP contribution is 2.25. The van der Waals surface area contributed by atoms with E-state index >= 15 is 0 Å². The van der Waals surface area contributed by atoms with E-state index in [2.05, 4.69) is 4.98 Å². The molecule has 0 saturated heterocycles. The molecule has 3 heteroatoms. The highest BCUT2D eigenvalue weighted by atomic mass is 16.1. The normalized spacial score (nSPS) is 10.5. The Morgan fingerprint density at radius 1 is 0.920 bits per heavy atom. The first-order chi connectivity index (χ1) is 12.0. The number of ketones is 2. The Morgan fingerprint density at radius 3 is 2.28 bits per heavy atom. The van der Waals surface area contributed by atoms with Crippen molar-refractivity contribution in [2.75, 3.05) is 0 Å². The molecule has 124 valence electrons. The molecule has 0 bridgehead atoms. The first kappa shape index (κ1) is 16.8. The quantitative estimate of drug-likeness (QED) is 0.638. The highest BCUT2D eigenvalue weighted by Gasteiger charge is 2.14. The minimum Gasteiger partial charge on any atom is -0.295 e. The number of carbonyl (C=O) groups is 2. The molecule has 0 saturated carbocycles. The maximum atomic E-state index is 12.7. The molecule has 2 aromatic carbocycles. The molecular formula is C22H19NO2. The van der Waals surface area contributed by atoms with Crippen LogP contribution in [-0.4, -0.2) is 16.6 Å². The average Bonchev–Trinajstić information content (AvgIpc) is 2.63. The number of carbonyl (C=O) groups excluding carboxylic acids is 2. The summed E-state index contributed by atoms with van der Waals surface area (Å²) in [5, 5.41) is 0. The number of pyridine rings is 1. The molecule has 0 atom stereocenters. The van der Waals surface area contributed by atoms with E-state index in [0.717, 1.165) is 22.4 Å². The van der Waals surface area contributed by atoms with Crippen molar-refractivity contribution in [3.8, 4) is 11.3 Å². The molecule has 3 nitrogen and oxygen atoms in total. The predicted octanol–water partition coefficient (Wildman–Crippen LogP) is 4.69. The number of hydrogen-bond donors (Lipinski definition) is 0. The van der Waals surface area contributed by atoms with Crippen LogP contribution in [0.3, 0.4) is 0 Å². The third kappa shape index (κ3) is 3.89. The Hall–Kier alpha value is -3.07. The van der Waals surface area contributed by atoms with Gasteiger partial charge in [0.05, 0.1) is 5.69 Å². The summed E-state index contributed by atoms with van der Waals surface area (Å²) >= 11 is 0. The van der Waals surface area contributed by atoms with Gasteiger partial charge >= 0.3 is 0 Å². The molecule has 0 fully saturated rings. The van der Waals surface area contributed by atoms with E-state index in [0.29, 0.717) is 11.1 Å². The van der Waals surface area contributed by atoms with Crippen LogP contribution in [0.1, 0.15) is 38.8 Å². The lowest BCUT2D eigenvalue weighted by Gasteiger charge is -2.11. The lowest BCUT2D eigenvalue weighted by molar-refractivity contribution is 0.0988. The van der Waals surface area contributed by atoms with Gasteiger partial charge in [0.25, 0.3) is 0 Å². The van der Waals surface area contributed by atoms with Crippen LogP contribution in [0.5, 0.6) is 0 Å². The Kier molecular flexibility index (Phi) is 4.85. The molecular weight excluding hydrogens is 310 g/mol. The van der Waals surface area contributed by atoms with Crippen LogP contribution in [0.2, 0.25) is 0 Å². The van der Waals surface area contributed by atoms with Gasteiger partial charge in [0.1, 0.15) is 0 Å². The number of benzene rings is 2. The second-order valence-electron chi connectivity index (χ2n) is 6.11. The summed E-state index contributed by atoms with van der Waals surface area (Å²) in [5.74, 6) is 0.00879. The van der Waals surface area contributed by atoms with Crippen LogP contribution in [0.15, 0.2) is 66.9 Å². The summed E-state index contributed by atoms with van der Waals surface area (Å²) in [4.78, 5) is 28.8. The Balaban J connectivity index is 2.00. The maximum Gasteiger partial charge on any atom is 0.167 e. The van der Waals surface area contributed by atoms with Gasteiger partial charge in [-0.3, -0.25) is 14.6 Å². The first-order valence-corrected chi connectivity index (χ1v) is 8.20. The number of rotatable bonds is 5. The number of nitrogens with zero attached hydrogens (tertiary/aromatic N) is 1. The molecule has 25 heavy (non-hydrogen) atoms. The standard InChI is InChI=1S/C22H19NO2/c1-15-6-8-17(9-7-15)22(25)14-19-13-18(16(2)24)10-11-20(19)21-5-3-4-12-23-21/h3-13H,14H2,1-2H3. The fraction of sp³-hybridized carbons (Fsp3) is 0.136.